The van der Waals surface area contributed by atoms with Gasteiger partial charge in [0.25, 0.3) is 0 Å². The van der Waals surface area contributed by atoms with Crippen LogP contribution in [0.3, 0.4) is 0 Å². The molecule has 0 radical (unpaired) electrons. The van der Waals surface area contributed by atoms with Crippen LogP contribution in [0.5, 0.6) is 0 Å². The molecule has 1 aromatic heterocycles. The van der Waals surface area contributed by atoms with E-state index in [9.17, 15) is 0 Å². The molecule has 0 aliphatic carbocycles. The minimum absolute atomic E-state index is 0.154. The van der Waals surface area contributed by atoms with Crippen molar-refractivity contribution in [2.75, 3.05) is 5.32 Å². The van der Waals surface area contributed by atoms with Crippen LogP contribution in [0.1, 0.15) is 44.0 Å². The van der Waals surface area contributed by atoms with Crippen molar-refractivity contribution < 1.29 is 0 Å². The van der Waals surface area contributed by atoms with Crippen molar-refractivity contribution >= 4 is 5.69 Å². The Balaban J connectivity index is 2.12. The molecular weight excluding hydrogens is 222 g/mol. The lowest BCUT2D eigenvalue weighted by Gasteiger charge is -2.15. The van der Waals surface area contributed by atoms with Gasteiger partial charge in [-0.3, -0.25) is 9.97 Å². The molecule has 0 saturated heterocycles. The van der Waals surface area contributed by atoms with Crippen LogP contribution in [0.15, 0.2) is 42.9 Å². The van der Waals surface area contributed by atoms with Crippen LogP contribution in [-0.4, -0.2) is 9.97 Å². The molecule has 2 aromatic rings. The van der Waals surface area contributed by atoms with Crippen LogP contribution in [0.2, 0.25) is 0 Å². The summed E-state index contributed by atoms with van der Waals surface area (Å²) in [5.41, 5.74) is 3.41. The molecular formula is C15H19N3. The zero-order valence-corrected chi connectivity index (χ0v) is 11.1. The second kappa shape index (κ2) is 5.63. The van der Waals surface area contributed by atoms with Gasteiger partial charge in [-0.1, -0.05) is 26.0 Å². The first-order valence-electron chi connectivity index (χ1n) is 6.29. The standard InChI is InChI=1S/C15H19N3/c1-11(2)13-5-4-6-14(9-13)18-12(3)15-10-16-7-8-17-15/h4-12,18H,1-3H3. The average Bonchev–Trinajstić information content (AvgIpc) is 2.40. The smallest absolute Gasteiger partial charge is 0.0806 e. The van der Waals surface area contributed by atoms with Gasteiger partial charge in [-0.15, -0.1) is 0 Å². The van der Waals surface area contributed by atoms with E-state index >= 15 is 0 Å². The van der Waals surface area contributed by atoms with Gasteiger partial charge in [-0.05, 0) is 30.5 Å². The van der Waals surface area contributed by atoms with Crippen LogP contribution in [0.4, 0.5) is 5.69 Å². The van der Waals surface area contributed by atoms with Crippen molar-refractivity contribution in [2.24, 2.45) is 0 Å². The molecule has 0 aliphatic heterocycles. The number of hydrogen-bond acceptors (Lipinski definition) is 3. The topological polar surface area (TPSA) is 37.8 Å². The molecule has 2 rings (SSSR count). The third-order valence-electron chi connectivity index (χ3n) is 2.96. The number of nitrogens with one attached hydrogen (secondary N) is 1. The summed E-state index contributed by atoms with van der Waals surface area (Å²) < 4.78 is 0. The van der Waals surface area contributed by atoms with E-state index in [2.05, 4.69) is 60.3 Å². The zero-order chi connectivity index (χ0) is 13.0. The molecule has 18 heavy (non-hydrogen) atoms. The summed E-state index contributed by atoms with van der Waals surface area (Å²) in [6, 6.07) is 8.67. The Morgan fingerprint density at radius 2 is 1.94 bits per heavy atom. The fraction of sp³-hybridized carbons (Fsp3) is 0.333. The molecule has 0 bridgehead atoms. The minimum atomic E-state index is 0.154. The summed E-state index contributed by atoms with van der Waals surface area (Å²) in [5.74, 6) is 0.540. The van der Waals surface area contributed by atoms with Crippen molar-refractivity contribution in [1.82, 2.24) is 9.97 Å². The van der Waals surface area contributed by atoms with E-state index in [0.717, 1.165) is 11.4 Å². The molecule has 0 amide bonds. The highest BCUT2D eigenvalue weighted by Crippen LogP contribution is 2.21. The molecule has 3 nitrogen and oxygen atoms in total. The van der Waals surface area contributed by atoms with Crippen molar-refractivity contribution in [3.05, 3.63) is 54.1 Å². The van der Waals surface area contributed by atoms with Crippen molar-refractivity contribution in [1.29, 1.82) is 0 Å². The van der Waals surface area contributed by atoms with E-state index in [4.69, 9.17) is 0 Å². The quantitative estimate of drug-likeness (QED) is 0.885. The number of nitrogens with zero attached hydrogens (tertiary/aromatic N) is 2. The van der Waals surface area contributed by atoms with Crippen LogP contribution in [0, 0.1) is 0 Å². The lowest BCUT2D eigenvalue weighted by molar-refractivity contribution is 0.824. The molecule has 1 aromatic carbocycles. The second-order valence-electron chi connectivity index (χ2n) is 4.78. The van der Waals surface area contributed by atoms with E-state index in [-0.39, 0.29) is 6.04 Å². The van der Waals surface area contributed by atoms with Crippen molar-refractivity contribution in [3.63, 3.8) is 0 Å². The lowest BCUT2D eigenvalue weighted by Crippen LogP contribution is -2.08. The fourth-order valence-corrected chi connectivity index (χ4v) is 1.85. The van der Waals surface area contributed by atoms with Gasteiger partial charge < -0.3 is 5.32 Å². The van der Waals surface area contributed by atoms with E-state index in [1.807, 2.05) is 0 Å². The van der Waals surface area contributed by atoms with Gasteiger partial charge in [-0.25, -0.2) is 0 Å². The number of hydrogen-bond donors (Lipinski definition) is 1. The molecule has 1 N–H and O–H groups in total. The maximum absolute atomic E-state index is 4.31. The minimum Gasteiger partial charge on any atom is -0.377 e. The molecule has 0 spiro atoms. The monoisotopic (exact) mass is 241 g/mol. The summed E-state index contributed by atoms with van der Waals surface area (Å²) in [4.78, 5) is 8.40. The third-order valence-corrected chi connectivity index (χ3v) is 2.96. The van der Waals surface area contributed by atoms with Gasteiger partial charge in [-0.2, -0.15) is 0 Å². The van der Waals surface area contributed by atoms with Crippen LogP contribution in [0.25, 0.3) is 0 Å². The van der Waals surface area contributed by atoms with E-state index in [1.165, 1.54) is 5.56 Å². The summed E-state index contributed by atoms with van der Waals surface area (Å²) in [6.45, 7) is 6.49. The number of aromatic nitrogens is 2. The Labute approximate surface area is 108 Å². The predicted molar refractivity (Wildman–Crippen MR) is 74.6 cm³/mol. The zero-order valence-electron chi connectivity index (χ0n) is 11.1. The van der Waals surface area contributed by atoms with Gasteiger partial charge in [0.2, 0.25) is 0 Å². The largest absolute Gasteiger partial charge is 0.377 e. The van der Waals surface area contributed by atoms with Crippen molar-refractivity contribution in [2.45, 2.75) is 32.7 Å². The summed E-state index contributed by atoms with van der Waals surface area (Å²) >= 11 is 0. The van der Waals surface area contributed by atoms with E-state index in [1.54, 1.807) is 18.6 Å². The first-order valence-corrected chi connectivity index (χ1v) is 6.29. The molecule has 1 heterocycles. The average molecular weight is 241 g/mol. The SMILES string of the molecule is CC(C)c1cccc(NC(C)c2cnccn2)c1. The van der Waals surface area contributed by atoms with Gasteiger partial charge in [0, 0.05) is 18.1 Å². The molecule has 3 heteroatoms. The Hall–Kier alpha value is -1.90. The highest BCUT2D eigenvalue weighted by molar-refractivity contribution is 5.47. The first-order chi connectivity index (χ1) is 8.66. The van der Waals surface area contributed by atoms with Gasteiger partial charge in [0.05, 0.1) is 17.9 Å². The Bertz CT molecular complexity index is 494. The molecule has 0 fully saturated rings. The van der Waals surface area contributed by atoms with Crippen molar-refractivity contribution in [3.8, 4) is 0 Å². The summed E-state index contributed by atoms with van der Waals surface area (Å²) in [6.07, 6.45) is 5.21. The van der Waals surface area contributed by atoms with Crippen LogP contribution in [-0.2, 0) is 0 Å². The normalized spacial score (nSPS) is 12.4. The molecule has 1 atom stereocenters. The van der Waals surface area contributed by atoms with E-state index in [0.29, 0.717) is 5.92 Å². The molecule has 94 valence electrons. The molecule has 1 unspecified atom stereocenters. The fourth-order valence-electron chi connectivity index (χ4n) is 1.85. The predicted octanol–water partition coefficient (Wildman–Crippen LogP) is 3.77. The van der Waals surface area contributed by atoms with E-state index < -0.39 is 0 Å². The van der Waals surface area contributed by atoms with Gasteiger partial charge >= 0.3 is 0 Å². The highest BCUT2D eigenvalue weighted by Gasteiger charge is 2.07. The van der Waals surface area contributed by atoms with Crippen LogP contribution < -0.4 is 5.32 Å². The number of benzene rings is 1. The highest BCUT2D eigenvalue weighted by atomic mass is 14.9. The Kier molecular flexibility index (Phi) is 3.92. The number of anilines is 1. The maximum atomic E-state index is 4.31. The molecule has 0 aliphatic rings. The lowest BCUT2D eigenvalue weighted by atomic mass is 10.0. The summed E-state index contributed by atoms with van der Waals surface area (Å²) in [7, 11) is 0. The van der Waals surface area contributed by atoms with Gasteiger partial charge in [0.15, 0.2) is 0 Å². The Morgan fingerprint density at radius 3 is 2.61 bits per heavy atom. The summed E-state index contributed by atoms with van der Waals surface area (Å²) in [5, 5.41) is 3.45. The first kappa shape index (κ1) is 12.6. The van der Waals surface area contributed by atoms with Crippen LogP contribution >= 0.6 is 0 Å². The Morgan fingerprint density at radius 1 is 1.11 bits per heavy atom. The number of rotatable bonds is 4. The van der Waals surface area contributed by atoms with Gasteiger partial charge in [0.1, 0.15) is 0 Å². The maximum Gasteiger partial charge on any atom is 0.0806 e. The third kappa shape index (κ3) is 3.06. The molecule has 0 saturated carbocycles. The second-order valence-corrected chi connectivity index (χ2v) is 4.78.